The van der Waals surface area contributed by atoms with Gasteiger partial charge < -0.3 is 26.3 Å². The molecule has 0 saturated heterocycles. The average molecular weight is 341 g/mol. The van der Waals surface area contributed by atoms with Crippen LogP contribution in [0.5, 0.6) is 0 Å². The molecule has 0 aliphatic carbocycles. The first-order valence-electron chi connectivity index (χ1n) is 1.48. The van der Waals surface area contributed by atoms with E-state index in [4.69, 9.17) is 29.7 Å². The first kappa shape index (κ1) is 41.6. The van der Waals surface area contributed by atoms with Crippen LogP contribution in [0.4, 0.5) is 0 Å². The van der Waals surface area contributed by atoms with Crippen molar-refractivity contribution in [3.63, 3.8) is 0 Å². The van der Waals surface area contributed by atoms with Gasteiger partial charge in [-0.2, -0.15) is 0 Å². The molecule has 0 aromatic carbocycles. The van der Waals surface area contributed by atoms with Crippen molar-refractivity contribution < 1.29 is 78.0 Å². The van der Waals surface area contributed by atoms with Gasteiger partial charge in [-0.05, 0) is 0 Å². The van der Waals surface area contributed by atoms with Gasteiger partial charge in [-0.25, -0.2) is 0 Å². The quantitative estimate of drug-likeness (QED) is 0.409. The van der Waals surface area contributed by atoms with E-state index in [0.29, 0.717) is 0 Å². The zero-order valence-corrected chi connectivity index (χ0v) is 7.44. The summed E-state index contributed by atoms with van der Waals surface area (Å²) >= 11 is 0. The zero-order chi connectivity index (χ0) is 8.12. The summed E-state index contributed by atoms with van der Waals surface area (Å²) in [6.07, 6.45) is 0. The van der Waals surface area contributed by atoms with Gasteiger partial charge in [0.25, 0.3) is 19.4 Å². The Morgan fingerprint density at radius 1 is 0.667 bits per heavy atom. The molecule has 0 amide bonds. The van der Waals surface area contributed by atoms with Gasteiger partial charge in [0.1, 0.15) is 0 Å². The summed E-state index contributed by atoms with van der Waals surface area (Å²) in [6.45, 7) is -0.750. The van der Waals surface area contributed by atoms with Gasteiger partial charge in [-0.15, -0.1) is 0 Å². The Balaban J connectivity index is -0.00000001000. The van der Waals surface area contributed by atoms with Crippen molar-refractivity contribution in [3.05, 3.63) is 0 Å². The van der Waals surface area contributed by atoms with Gasteiger partial charge in [0, 0.05) is 37.3 Å². The van der Waals surface area contributed by atoms with E-state index in [1.54, 1.807) is 0 Å². The number of carboxylic acid groups (broad SMARTS) is 3. The predicted molar refractivity (Wildman–Crippen MR) is 33.3 cm³/mol. The largest absolute Gasteiger partial charge is 0.483 e. The third-order valence-corrected chi connectivity index (χ3v) is 0. The number of hydrogen-bond donors (Lipinski definition) is 3. The maximum atomic E-state index is 8.36. The van der Waals surface area contributed by atoms with E-state index in [9.17, 15) is 0 Å². The Kier molecular flexibility index (Phi) is 507. The summed E-state index contributed by atoms with van der Waals surface area (Å²) in [4.78, 5) is 25.1. The minimum Gasteiger partial charge on any atom is -0.483 e. The summed E-state index contributed by atoms with van der Waals surface area (Å²) < 4.78 is 0. The summed E-state index contributed by atoms with van der Waals surface area (Å²) in [5.74, 6) is 0. The minimum atomic E-state index is -0.250. The van der Waals surface area contributed by atoms with Crippen LogP contribution in [0.25, 0.3) is 0 Å². The fourth-order valence-corrected chi connectivity index (χ4v) is 0. The Labute approximate surface area is 97.0 Å². The molecule has 0 aromatic rings. The van der Waals surface area contributed by atoms with Crippen molar-refractivity contribution in [2.75, 3.05) is 0 Å². The van der Waals surface area contributed by atoms with E-state index in [2.05, 4.69) is 0 Å². The number of carbonyl (C=O) groups is 3. The Bertz CT molecular complexity index is 51.1. The van der Waals surface area contributed by atoms with Gasteiger partial charge in [0.2, 0.25) is 0 Å². The average Bonchev–Trinajstić information content (AvgIpc) is 1.70. The number of rotatable bonds is 0. The van der Waals surface area contributed by atoms with Crippen LogP contribution in [-0.2, 0) is 14.4 Å². The molecular formula is C3H10ErO8. The monoisotopic (exact) mass is 340 g/mol. The third-order valence-electron chi connectivity index (χ3n) is 0. The van der Waals surface area contributed by atoms with E-state index >= 15 is 0 Å². The fraction of sp³-hybridized carbons (Fsp3) is 0. The minimum absolute atomic E-state index is 0. The maximum Gasteiger partial charge on any atom is 0.290 e. The summed E-state index contributed by atoms with van der Waals surface area (Å²) in [6, 6.07) is 0. The van der Waals surface area contributed by atoms with Crippen LogP contribution in [0, 0.1) is 37.3 Å². The van der Waals surface area contributed by atoms with Crippen LogP contribution >= 0.6 is 0 Å². The maximum absolute atomic E-state index is 8.36. The molecule has 0 atom stereocenters. The molecule has 0 aromatic heterocycles. The van der Waals surface area contributed by atoms with E-state index in [-0.39, 0.29) is 67.7 Å². The second-order valence-electron chi connectivity index (χ2n) is 0.316. The van der Waals surface area contributed by atoms with Gasteiger partial charge in [0.05, 0.1) is 0 Å². The van der Waals surface area contributed by atoms with E-state index in [1.807, 2.05) is 0 Å². The molecular weight excluding hydrogens is 331 g/mol. The molecule has 0 heterocycles. The molecule has 0 aliphatic heterocycles. The third kappa shape index (κ3) is 3930. The second kappa shape index (κ2) is 146. The van der Waals surface area contributed by atoms with Crippen molar-refractivity contribution in [2.24, 2.45) is 0 Å². The molecule has 0 saturated carbocycles. The molecule has 0 radical (unpaired) electrons. The summed E-state index contributed by atoms with van der Waals surface area (Å²) in [5.41, 5.74) is 0. The Morgan fingerprint density at radius 3 is 0.667 bits per heavy atom. The van der Waals surface area contributed by atoms with Crippen LogP contribution in [0.1, 0.15) is 0 Å². The zero-order valence-electron chi connectivity index (χ0n) is 5.59. The molecule has 0 aliphatic rings. The van der Waals surface area contributed by atoms with E-state index < -0.39 is 0 Å². The SMILES string of the molecule is O.O.O=CO.O=CO.O=CO.[Er]. The molecule has 12 heavy (non-hydrogen) atoms. The van der Waals surface area contributed by atoms with E-state index in [0.717, 1.165) is 0 Å². The number of hydrogen-bond acceptors (Lipinski definition) is 3. The first-order valence-corrected chi connectivity index (χ1v) is 1.48. The van der Waals surface area contributed by atoms with Gasteiger partial charge in [-0.3, -0.25) is 14.4 Å². The summed E-state index contributed by atoms with van der Waals surface area (Å²) in [7, 11) is 0. The smallest absolute Gasteiger partial charge is 0.290 e. The Hall–Kier alpha value is -0.423. The molecule has 82 valence electrons. The standard InChI is InChI=1S/3CH2O2.Er.2H2O/c3*2-1-3;;;/h3*1H,(H,2,3);;2*1H2. The van der Waals surface area contributed by atoms with Crippen LogP contribution in [0.2, 0.25) is 0 Å². The van der Waals surface area contributed by atoms with Crippen molar-refractivity contribution >= 4 is 19.4 Å². The van der Waals surface area contributed by atoms with Crippen molar-refractivity contribution in [1.29, 1.82) is 0 Å². The van der Waals surface area contributed by atoms with Crippen molar-refractivity contribution in [2.45, 2.75) is 0 Å². The molecule has 9 heteroatoms. The van der Waals surface area contributed by atoms with Gasteiger partial charge in [0.15, 0.2) is 0 Å². The fourth-order valence-electron chi connectivity index (χ4n) is 0. The topological polar surface area (TPSA) is 175 Å². The summed E-state index contributed by atoms with van der Waals surface area (Å²) in [5, 5.41) is 20.7. The van der Waals surface area contributed by atoms with Crippen LogP contribution in [0.15, 0.2) is 0 Å². The molecule has 0 fully saturated rings. The molecule has 8 nitrogen and oxygen atoms in total. The van der Waals surface area contributed by atoms with Crippen molar-refractivity contribution in [1.82, 2.24) is 0 Å². The molecule has 0 spiro atoms. The molecule has 0 unspecified atom stereocenters. The second-order valence-corrected chi connectivity index (χ2v) is 0.316. The van der Waals surface area contributed by atoms with Crippen LogP contribution < -0.4 is 0 Å². The predicted octanol–water partition coefficient (Wildman–Crippen LogP) is -2.55. The van der Waals surface area contributed by atoms with Crippen LogP contribution in [0.3, 0.4) is 0 Å². The molecule has 7 N–H and O–H groups in total. The normalized spacial score (nSPS) is 3.00. The van der Waals surface area contributed by atoms with Gasteiger partial charge >= 0.3 is 0 Å². The van der Waals surface area contributed by atoms with E-state index in [1.165, 1.54) is 0 Å². The molecule has 0 bridgehead atoms. The Morgan fingerprint density at radius 2 is 0.667 bits per heavy atom. The first-order chi connectivity index (χ1) is 4.24. The van der Waals surface area contributed by atoms with Gasteiger partial charge in [-0.1, -0.05) is 0 Å². The molecule has 0 rings (SSSR count). The van der Waals surface area contributed by atoms with Crippen LogP contribution in [-0.4, -0.2) is 45.7 Å². The van der Waals surface area contributed by atoms with Crippen molar-refractivity contribution in [3.8, 4) is 0 Å².